The first-order valence-electron chi connectivity index (χ1n) is 5.30. The van der Waals surface area contributed by atoms with Crippen molar-refractivity contribution in [3.63, 3.8) is 0 Å². The molecule has 0 amide bonds. The van der Waals surface area contributed by atoms with Crippen molar-refractivity contribution in [2.24, 2.45) is 11.8 Å². The molecule has 2 nitrogen and oxygen atoms in total. The van der Waals surface area contributed by atoms with E-state index in [-0.39, 0.29) is 0 Å². The summed E-state index contributed by atoms with van der Waals surface area (Å²) in [5.41, 5.74) is 4.14. The molecule has 1 unspecified atom stereocenters. The fraction of sp³-hybridized carbons (Fsp3) is 0.818. The van der Waals surface area contributed by atoms with E-state index in [0.717, 1.165) is 24.5 Å². The predicted molar refractivity (Wildman–Crippen MR) is 67.3 cm³/mol. The van der Waals surface area contributed by atoms with Gasteiger partial charge in [-0.15, -0.1) is 0 Å². The van der Waals surface area contributed by atoms with Gasteiger partial charge in [0.2, 0.25) is 0 Å². The maximum Gasteiger partial charge on any atom is 0.0338 e. The number of thioether (sulfide) groups is 1. The van der Waals surface area contributed by atoms with Gasteiger partial charge in [0.15, 0.2) is 0 Å². The van der Waals surface area contributed by atoms with Crippen molar-refractivity contribution in [1.29, 1.82) is 0 Å². The summed E-state index contributed by atoms with van der Waals surface area (Å²) in [6.45, 7) is 10.6. The molecule has 0 bridgehead atoms. The summed E-state index contributed by atoms with van der Waals surface area (Å²) in [6.07, 6.45) is 2.05. The van der Waals surface area contributed by atoms with Crippen molar-refractivity contribution in [3.8, 4) is 0 Å². The van der Waals surface area contributed by atoms with Crippen LogP contribution in [0.5, 0.6) is 0 Å². The van der Waals surface area contributed by atoms with E-state index in [0.29, 0.717) is 6.04 Å². The van der Waals surface area contributed by atoms with Crippen molar-refractivity contribution in [2.45, 2.75) is 39.7 Å². The van der Waals surface area contributed by atoms with E-state index < -0.39 is 0 Å². The Morgan fingerprint density at radius 3 is 2.50 bits per heavy atom. The SMILES string of the molecule is C=C(CC)CC(CSCC(C)C)NN. The minimum atomic E-state index is 0.381. The van der Waals surface area contributed by atoms with Gasteiger partial charge in [-0.3, -0.25) is 11.3 Å². The Labute approximate surface area is 92.7 Å². The van der Waals surface area contributed by atoms with Crippen molar-refractivity contribution in [1.82, 2.24) is 5.43 Å². The fourth-order valence-corrected chi connectivity index (χ4v) is 2.21. The Morgan fingerprint density at radius 1 is 1.43 bits per heavy atom. The maximum absolute atomic E-state index is 5.49. The second kappa shape index (κ2) is 8.33. The number of hydrogen-bond donors (Lipinski definition) is 2. The molecular formula is C11H24N2S. The van der Waals surface area contributed by atoms with Crippen LogP contribution in [-0.4, -0.2) is 17.5 Å². The molecule has 0 rings (SSSR count). The van der Waals surface area contributed by atoms with Crippen molar-refractivity contribution in [3.05, 3.63) is 12.2 Å². The van der Waals surface area contributed by atoms with Crippen LogP contribution in [0.4, 0.5) is 0 Å². The molecule has 0 radical (unpaired) electrons. The third-order valence-corrected chi connectivity index (χ3v) is 3.58. The molecule has 84 valence electrons. The van der Waals surface area contributed by atoms with Crippen LogP contribution < -0.4 is 11.3 Å². The molecule has 0 saturated heterocycles. The topological polar surface area (TPSA) is 38.0 Å². The number of rotatable bonds is 8. The maximum atomic E-state index is 5.49. The largest absolute Gasteiger partial charge is 0.271 e. The van der Waals surface area contributed by atoms with Gasteiger partial charge in [-0.1, -0.05) is 32.9 Å². The summed E-state index contributed by atoms with van der Waals surface area (Å²) in [6, 6.07) is 0.381. The normalized spacial score (nSPS) is 13.2. The average Bonchev–Trinajstić information content (AvgIpc) is 2.15. The second-order valence-electron chi connectivity index (χ2n) is 4.10. The highest BCUT2D eigenvalue weighted by atomic mass is 32.2. The molecule has 0 heterocycles. The van der Waals surface area contributed by atoms with Crippen molar-refractivity contribution >= 4 is 11.8 Å². The van der Waals surface area contributed by atoms with E-state index in [1.165, 1.54) is 11.3 Å². The predicted octanol–water partition coefficient (Wildman–Crippen LogP) is 2.56. The quantitative estimate of drug-likeness (QED) is 0.372. The van der Waals surface area contributed by atoms with Gasteiger partial charge in [-0.25, -0.2) is 0 Å². The molecule has 0 fully saturated rings. The average molecular weight is 216 g/mol. The Balaban J connectivity index is 3.63. The highest BCUT2D eigenvalue weighted by Gasteiger charge is 2.07. The van der Waals surface area contributed by atoms with Crippen LogP contribution in [0.1, 0.15) is 33.6 Å². The molecule has 1 atom stereocenters. The van der Waals surface area contributed by atoms with Gasteiger partial charge in [0, 0.05) is 11.8 Å². The minimum absolute atomic E-state index is 0.381. The lowest BCUT2D eigenvalue weighted by molar-refractivity contribution is 0.567. The van der Waals surface area contributed by atoms with E-state index in [9.17, 15) is 0 Å². The number of hydrogen-bond acceptors (Lipinski definition) is 3. The molecule has 0 aromatic heterocycles. The summed E-state index contributed by atoms with van der Waals surface area (Å²) >= 11 is 1.96. The van der Waals surface area contributed by atoms with Gasteiger partial charge in [0.05, 0.1) is 0 Å². The molecule has 0 aliphatic rings. The number of hydrazine groups is 1. The van der Waals surface area contributed by atoms with E-state index in [1.54, 1.807) is 0 Å². The van der Waals surface area contributed by atoms with Gasteiger partial charge < -0.3 is 0 Å². The molecule has 14 heavy (non-hydrogen) atoms. The summed E-state index contributed by atoms with van der Waals surface area (Å²) in [5.74, 6) is 8.53. The number of nitrogens with one attached hydrogen (secondary N) is 1. The van der Waals surface area contributed by atoms with Crippen LogP contribution in [0.3, 0.4) is 0 Å². The second-order valence-corrected chi connectivity index (χ2v) is 5.18. The van der Waals surface area contributed by atoms with Crippen LogP contribution in [0.2, 0.25) is 0 Å². The van der Waals surface area contributed by atoms with E-state index in [2.05, 4.69) is 32.8 Å². The Bertz CT molecular complexity index is 157. The lowest BCUT2D eigenvalue weighted by Gasteiger charge is -2.16. The van der Waals surface area contributed by atoms with Gasteiger partial charge in [-0.2, -0.15) is 11.8 Å². The first-order chi connectivity index (χ1) is 6.60. The molecule has 0 spiro atoms. The molecule has 0 aromatic carbocycles. The van der Waals surface area contributed by atoms with Gasteiger partial charge in [0.1, 0.15) is 0 Å². The smallest absolute Gasteiger partial charge is 0.0338 e. The van der Waals surface area contributed by atoms with Crippen LogP contribution in [0.25, 0.3) is 0 Å². The van der Waals surface area contributed by atoms with Crippen molar-refractivity contribution < 1.29 is 0 Å². The van der Waals surface area contributed by atoms with Crippen LogP contribution in [0, 0.1) is 5.92 Å². The van der Waals surface area contributed by atoms with Gasteiger partial charge in [0.25, 0.3) is 0 Å². The number of nitrogens with two attached hydrogens (primary N) is 1. The summed E-state index contributed by atoms with van der Waals surface area (Å²) < 4.78 is 0. The standard InChI is InChI=1S/C11H24N2S/c1-5-10(4)6-11(13-12)8-14-7-9(2)3/h9,11,13H,4-8,12H2,1-3H3. The highest BCUT2D eigenvalue weighted by Crippen LogP contribution is 2.13. The fourth-order valence-electron chi connectivity index (χ4n) is 1.10. The van der Waals surface area contributed by atoms with Crippen LogP contribution in [0.15, 0.2) is 12.2 Å². The molecule has 3 N–H and O–H groups in total. The Morgan fingerprint density at radius 2 is 2.07 bits per heavy atom. The van der Waals surface area contributed by atoms with Crippen LogP contribution >= 0.6 is 11.8 Å². The Hall–Kier alpha value is 0.01000. The lowest BCUT2D eigenvalue weighted by Crippen LogP contribution is -2.37. The first kappa shape index (κ1) is 14.0. The van der Waals surface area contributed by atoms with Gasteiger partial charge >= 0.3 is 0 Å². The minimum Gasteiger partial charge on any atom is -0.271 e. The zero-order valence-electron chi connectivity index (χ0n) is 9.68. The van der Waals surface area contributed by atoms with E-state index in [4.69, 9.17) is 5.84 Å². The lowest BCUT2D eigenvalue weighted by atomic mass is 10.1. The zero-order valence-corrected chi connectivity index (χ0v) is 10.5. The molecule has 3 heteroatoms. The van der Waals surface area contributed by atoms with Crippen molar-refractivity contribution in [2.75, 3.05) is 11.5 Å². The van der Waals surface area contributed by atoms with Gasteiger partial charge in [-0.05, 0) is 24.5 Å². The molecule has 0 aliphatic carbocycles. The summed E-state index contributed by atoms with van der Waals surface area (Å²) in [4.78, 5) is 0. The molecular weight excluding hydrogens is 192 g/mol. The van der Waals surface area contributed by atoms with Crippen LogP contribution in [-0.2, 0) is 0 Å². The summed E-state index contributed by atoms with van der Waals surface area (Å²) in [5, 5.41) is 0. The van der Waals surface area contributed by atoms with E-state index >= 15 is 0 Å². The molecule has 0 aromatic rings. The Kier molecular flexibility index (Phi) is 8.34. The summed E-state index contributed by atoms with van der Waals surface area (Å²) in [7, 11) is 0. The highest BCUT2D eigenvalue weighted by molar-refractivity contribution is 7.99. The first-order valence-corrected chi connectivity index (χ1v) is 6.46. The third kappa shape index (κ3) is 7.42. The van der Waals surface area contributed by atoms with E-state index in [1.807, 2.05) is 11.8 Å². The third-order valence-electron chi connectivity index (χ3n) is 2.04. The molecule has 0 saturated carbocycles. The monoisotopic (exact) mass is 216 g/mol. The zero-order chi connectivity index (χ0) is 11.0. The molecule has 0 aliphatic heterocycles.